The number of hydrogen-bond donors (Lipinski definition) is 3. The van der Waals surface area contributed by atoms with Crippen molar-refractivity contribution in [2.75, 3.05) is 43.5 Å². The molecule has 0 bridgehead atoms. The summed E-state index contributed by atoms with van der Waals surface area (Å²) in [5.41, 5.74) is 1.13. The van der Waals surface area contributed by atoms with Gasteiger partial charge in [-0.15, -0.1) is 0 Å². The van der Waals surface area contributed by atoms with Gasteiger partial charge in [-0.2, -0.15) is 13.2 Å². The average molecular weight is 688 g/mol. The predicted molar refractivity (Wildman–Crippen MR) is 170 cm³/mol. The fourth-order valence-electron chi connectivity index (χ4n) is 4.89. The SMILES string of the molecule is COc1ccccc1N(CCN1CCC(C(=O)c2ccc(F)cc2)CC1)C(=O)c1ccc(NC(=O)C(F)(F)F)cc1.O=C(O)/C=C/C(=O)O. The van der Waals surface area contributed by atoms with Crippen molar-refractivity contribution in [3.05, 3.63) is 102 Å². The molecule has 0 saturated carbocycles. The first-order valence-electron chi connectivity index (χ1n) is 14.8. The van der Waals surface area contributed by atoms with Crippen LogP contribution in [0, 0.1) is 11.7 Å². The van der Waals surface area contributed by atoms with Gasteiger partial charge in [0.15, 0.2) is 5.78 Å². The van der Waals surface area contributed by atoms with E-state index in [1.165, 1.54) is 60.5 Å². The number of carboxylic acids is 2. The van der Waals surface area contributed by atoms with Gasteiger partial charge in [0.25, 0.3) is 5.91 Å². The molecular weight excluding hydrogens is 654 g/mol. The Bertz CT molecular complexity index is 1640. The summed E-state index contributed by atoms with van der Waals surface area (Å²) in [6.45, 7) is 2.06. The zero-order valence-corrected chi connectivity index (χ0v) is 26.2. The number of methoxy groups -OCH3 is 1. The van der Waals surface area contributed by atoms with Gasteiger partial charge in [0.2, 0.25) is 0 Å². The van der Waals surface area contributed by atoms with Gasteiger partial charge in [-0.05, 0) is 86.6 Å². The maximum atomic E-state index is 13.6. The number of hydrogen-bond acceptors (Lipinski definition) is 7. The lowest BCUT2D eigenvalue weighted by atomic mass is 9.89. The summed E-state index contributed by atoms with van der Waals surface area (Å²) in [7, 11) is 1.49. The molecule has 0 atom stereocenters. The molecule has 2 amide bonds. The van der Waals surface area contributed by atoms with E-state index in [0.717, 1.165) is 0 Å². The molecule has 260 valence electrons. The first-order valence-corrected chi connectivity index (χ1v) is 14.8. The summed E-state index contributed by atoms with van der Waals surface area (Å²) in [6.07, 6.45) is -2.66. The largest absolute Gasteiger partial charge is 0.495 e. The van der Waals surface area contributed by atoms with Crippen molar-refractivity contribution in [3.63, 3.8) is 0 Å². The van der Waals surface area contributed by atoms with Crippen molar-refractivity contribution in [2.45, 2.75) is 19.0 Å². The van der Waals surface area contributed by atoms with Crippen LogP contribution < -0.4 is 15.0 Å². The number of rotatable bonds is 11. The molecule has 11 nitrogen and oxygen atoms in total. The second kappa shape index (κ2) is 17.5. The van der Waals surface area contributed by atoms with Crippen LogP contribution in [0.25, 0.3) is 0 Å². The molecule has 1 saturated heterocycles. The zero-order valence-electron chi connectivity index (χ0n) is 26.2. The smallest absolute Gasteiger partial charge is 0.471 e. The third-order valence-corrected chi connectivity index (χ3v) is 7.36. The second-order valence-corrected chi connectivity index (χ2v) is 10.7. The summed E-state index contributed by atoms with van der Waals surface area (Å²) in [6, 6.07) is 17.7. The molecular formula is C34H33F4N3O8. The standard InChI is InChI=1S/C30H29F4N3O4.C4H4O4/c1-41-26-5-3-2-4-25(26)37(28(39)22-8-12-24(13-9-22)35-29(40)30(32,33)34)19-18-36-16-14-21(15-17-36)27(38)20-6-10-23(31)11-7-20;5-3(6)1-2-4(7)8/h2-13,21H,14-19H2,1H3,(H,35,40);1-2H,(H,5,6)(H,7,8)/b;2-1+. The summed E-state index contributed by atoms with van der Waals surface area (Å²) in [4.78, 5) is 60.5. The third kappa shape index (κ3) is 11.6. The molecule has 0 spiro atoms. The molecule has 4 rings (SSSR count). The number of alkyl halides is 3. The average Bonchev–Trinajstić information content (AvgIpc) is 3.08. The fraction of sp³-hybridized carbons (Fsp3) is 0.265. The Balaban J connectivity index is 0.000000723. The fourth-order valence-corrected chi connectivity index (χ4v) is 4.89. The Kier molecular flexibility index (Phi) is 13.6. The van der Waals surface area contributed by atoms with Crippen LogP contribution in [0.5, 0.6) is 5.75 Å². The summed E-state index contributed by atoms with van der Waals surface area (Å²) >= 11 is 0. The summed E-state index contributed by atoms with van der Waals surface area (Å²) < 4.78 is 56.4. The molecule has 0 radical (unpaired) electrons. The summed E-state index contributed by atoms with van der Waals surface area (Å²) in [5.74, 6) is -5.11. The van der Waals surface area contributed by atoms with E-state index in [-0.39, 0.29) is 29.5 Å². The van der Waals surface area contributed by atoms with E-state index >= 15 is 0 Å². The van der Waals surface area contributed by atoms with Crippen molar-refractivity contribution in [1.29, 1.82) is 0 Å². The predicted octanol–water partition coefficient (Wildman–Crippen LogP) is 5.29. The maximum Gasteiger partial charge on any atom is 0.471 e. The number of nitrogens with zero attached hydrogens (tertiary/aromatic N) is 2. The van der Waals surface area contributed by atoms with E-state index in [4.69, 9.17) is 14.9 Å². The van der Waals surface area contributed by atoms with Gasteiger partial charge in [0, 0.05) is 48.0 Å². The molecule has 0 unspecified atom stereocenters. The lowest BCUT2D eigenvalue weighted by Crippen LogP contribution is -2.43. The number of aliphatic carboxylic acids is 2. The molecule has 1 aliphatic heterocycles. The first kappa shape index (κ1) is 37.9. The minimum Gasteiger partial charge on any atom is -0.495 e. The molecule has 1 fully saturated rings. The van der Waals surface area contributed by atoms with Gasteiger partial charge in [-0.25, -0.2) is 14.0 Å². The Morgan fingerprint density at radius 2 is 1.43 bits per heavy atom. The molecule has 3 aromatic carbocycles. The number of para-hydroxylation sites is 2. The Labute approximate surface area is 278 Å². The van der Waals surface area contributed by atoms with E-state index < -0.39 is 35.7 Å². The van der Waals surface area contributed by atoms with E-state index in [2.05, 4.69) is 4.90 Å². The van der Waals surface area contributed by atoms with Crippen LogP contribution in [0.3, 0.4) is 0 Å². The van der Waals surface area contributed by atoms with Crippen molar-refractivity contribution in [1.82, 2.24) is 4.90 Å². The van der Waals surface area contributed by atoms with Gasteiger partial charge in [0.1, 0.15) is 11.6 Å². The summed E-state index contributed by atoms with van der Waals surface area (Å²) in [5, 5.41) is 17.4. The topological polar surface area (TPSA) is 154 Å². The third-order valence-electron chi connectivity index (χ3n) is 7.36. The lowest BCUT2D eigenvalue weighted by molar-refractivity contribution is -0.167. The van der Waals surface area contributed by atoms with Crippen LogP contribution in [0.1, 0.15) is 33.6 Å². The molecule has 1 heterocycles. The van der Waals surface area contributed by atoms with Gasteiger partial charge >= 0.3 is 24.0 Å². The molecule has 1 aliphatic rings. The van der Waals surface area contributed by atoms with Crippen LogP contribution in [0.4, 0.5) is 28.9 Å². The van der Waals surface area contributed by atoms with Crippen molar-refractivity contribution < 1.29 is 56.5 Å². The molecule has 3 N–H and O–H groups in total. The normalized spacial score (nSPS) is 13.6. The van der Waals surface area contributed by atoms with Crippen molar-refractivity contribution in [3.8, 4) is 5.75 Å². The highest BCUT2D eigenvalue weighted by atomic mass is 19.4. The monoisotopic (exact) mass is 687 g/mol. The van der Waals surface area contributed by atoms with Gasteiger partial charge < -0.3 is 30.1 Å². The van der Waals surface area contributed by atoms with Crippen LogP contribution >= 0.6 is 0 Å². The highest BCUT2D eigenvalue weighted by Gasteiger charge is 2.38. The minimum atomic E-state index is -5.03. The number of nitrogens with one attached hydrogen (secondary N) is 1. The van der Waals surface area contributed by atoms with Crippen molar-refractivity contribution >= 4 is 40.9 Å². The number of carbonyl (C=O) groups excluding carboxylic acids is 3. The minimum absolute atomic E-state index is 0.00894. The number of ether oxygens (including phenoxy) is 1. The van der Waals surface area contributed by atoms with E-state index in [0.29, 0.717) is 61.6 Å². The van der Waals surface area contributed by atoms with E-state index in [9.17, 15) is 41.5 Å². The number of ketones is 1. The number of piperidine rings is 1. The van der Waals surface area contributed by atoms with Crippen molar-refractivity contribution in [2.24, 2.45) is 5.92 Å². The number of halogens is 4. The number of carbonyl (C=O) groups is 5. The first-order chi connectivity index (χ1) is 23.2. The number of likely N-dealkylation sites (tertiary alicyclic amines) is 1. The van der Waals surface area contributed by atoms with Crippen LogP contribution in [-0.4, -0.2) is 84.1 Å². The van der Waals surface area contributed by atoms with Gasteiger partial charge in [0.05, 0.1) is 12.8 Å². The molecule has 15 heteroatoms. The highest BCUT2D eigenvalue weighted by molar-refractivity contribution is 6.07. The van der Waals surface area contributed by atoms with Crippen LogP contribution in [0.2, 0.25) is 0 Å². The zero-order chi connectivity index (χ0) is 36.1. The van der Waals surface area contributed by atoms with Gasteiger partial charge in [-0.1, -0.05) is 12.1 Å². The Morgan fingerprint density at radius 1 is 0.878 bits per heavy atom. The molecule has 3 aromatic rings. The molecule has 0 aliphatic carbocycles. The molecule has 49 heavy (non-hydrogen) atoms. The number of Topliss-reactive ketones (excluding diaryl/α,β-unsaturated/α-hetero) is 1. The van der Waals surface area contributed by atoms with E-state index in [1.807, 2.05) is 0 Å². The maximum absolute atomic E-state index is 13.6. The van der Waals surface area contributed by atoms with E-state index in [1.54, 1.807) is 29.6 Å². The Morgan fingerprint density at radius 3 is 1.96 bits per heavy atom. The van der Waals surface area contributed by atoms with Crippen LogP contribution in [0.15, 0.2) is 84.9 Å². The Hall–Kier alpha value is -5.57. The highest BCUT2D eigenvalue weighted by Crippen LogP contribution is 2.30. The number of anilines is 2. The second-order valence-electron chi connectivity index (χ2n) is 10.7. The van der Waals surface area contributed by atoms with Gasteiger partial charge in [-0.3, -0.25) is 14.4 Å². The number of benzene rings is 3. The number of amides is 2. The lowest BCUT2D eigenvalue weighted by Gasteiger charge is -2.33. The number of carboxylic acid groups (broad SMARTS) is 2. The molecule has 0 aromatic heterocycles. The van der Waals surface area contributed by atoms with Crippen LogP contribution in [-0.2, 0) is 14.4 Å². The quantitative estimate of drug-likeness (QED) is 0.139.